The van der Waals surface area contributed by atoms with E-state index >= 15 is 0 Å². The number of ketones is 1. The molecular weight excluding hydrogens is 299 g/mol. The number of rotatable bonds is 4. The fraction of sp³-hybridized carbons (Fsp3) is 0.333. The average molecular weight is 316 g/mol. The number of esters is 1. The first-order valence-corrected chi connectivity index (χ1v) is 7.31. The molecule has 23 heavy (non-hydrogen) atoms. The number of hydrogen-bond acceptors (Lipinski definition) is 4. The zero-order valence-electron chi connectivity index (χ0n) is 13.0. The van der Waals surface area contributed by atoms with E-state index in [0.29, 0.717) is 12.0 Å². The van der Waals surface area contributed by atoms with Crippen molar-refractivity contribution in [1.82, 2.24) is 0 Å². The van der Waals surface area contributed by atoms with Crippen molar-refractivity contribution in [1.29, 1.82) is 0 Å². The molecule has 2 unspecified atom stereocenters. The summed E-state index contributed by atoms with van der Waals surface area (Å²) in [4.78, 5) is 24.8. The molecule has 0 bridgehead atoms. The quantitative estimate of drug-likeness (QED) is 0.487. The minimum absolute atomic E-state index is 0.113. The van der Waals surface area contributed by atoms with E-state index in [9.17, 15) is 14.0 Å². The molecule has 0 spiro atoms. The third kappa shape index (κ3) is 3.42. The molecule has 0 aliphatic carbocycles. The second kappa shape index (κ2) is 7.10. The van der Waals surface area contributed by atoms with Crippen LogP contribution in [0.15, 0.2) is 29.8 Å². The van der Waals surface area contributed by atoms with Crippen molar-refractivity contribution in [3.05, 3.63) is 41.2 Å². The lowest BCUT2D eigenvalue weighted by Gasteiger charge is -2.31. The maximum absolute atomic E-state index is 13.1. The van der Waals surface area contributed by atoms with Gasteiger partial charge in [0.2, 0.25) is 0 Å². The van der Waals surface area contributed by atoms with Crippen molar-refractivity contribution < 1.29 is 23.5 Å². The summed E-state index contributed by atoms with van der Waals surface area (Å²) in [5.74, 6) is 0.212. The first-order valence-electron chi connectivity index (χ1n) is 7.31. The summed E-state index contributed by atoms with van der Waals surface area (Å²) >= 11 is 0. The standard InChI is InChI=1S/C18H17FO4/c1-4-10-22-18(21)15-16(20)11(3)14(5-2)23-17(15)12-6-8-13(19)9-7-12/h1,6-9,11,14H,5,10H2,2-3H3. The van der Waals surface area contributed by atoms with Crippen LogP contribution in [-0.2, 0) is 19.1 Å². The lowest BCUT2D eigenvalue weighted by atomic mass is 9.88. The maximum Gasteiger partial charge on any atom is 0.346 e. The lowest BCUT2D eigenvalue weighted by molar-refractivity contribution is -0.141. The van der Waals surface area contributed by atoms with Gasteiger partial charge in [0.05, 0.1) is 5.92 Å². The van der Waals surface area contributed by atoms with Crippen molar-refractivity contribution in [2.45, 2.75) is 26.4 Å². The van der Waals surface area contributed by atoms with Crippen LogP contribution in [0.5, 0.6) is 0 Å². The molecule has 0 saturated heterocycles. The topological polar surface area (TPSA) is 52.6 Å². The minimum atomic E-state index is -0.825. The summed E-state index contributed by atoms with van der Waals surface area (Å²) in [6.07, 6.45) is 5.32. The summed E-state index contributed by atoms with van der Waals surface area (Å²) in [6, 6.07) is 5.38. The molecule has 1 aliphatic heterocycles. The van der Waals surface area contributed by atoms with Crippen LogP contribution in [0.25, 0.3) is 5.76 Å². The predicted molar refractivity (Wildman–Crippen MR) is 82.4 cm³/mol. The Morgan fingerprint density at radius 1 is 1.39 bits per heavy atom. The average Bonchev–Trinajstić information content (AvgIpc) is 2.55. The van der Waals surface area contributed by atoms with Gasteiger partial charge in [-0.3, -0.25) is 4.79 Å². The molecule has 0 N–H and O–H groups in total. The fourth-order valence-corrected chi connectivity index (χ4v) is 2.44. The third-order valence-electron chi connectivity index (χ3n) is 3.71. The highest BCUT2D eigenvalue weighted by Crippen LogP contribution is 2.34. The Kier molecular flexibility index (Phi) is 5.17. The van der Waals surface area contributed by atoms with E-state index < -0.39 is 17.7 Å². The van der Waals surface area contributed by atoms with Crippen LogP contribution < -0.4 is 0 Å². The van der Waals surface area contributed by atoms with Crippen molar-refractivity contribution in [3.63, 3.8) is 0 Å². The molecule has 4 nitrogen and oxygen atoms in total. The minimum Gasteiger partial charge on any atom is -0.488 e. The van der Waals surface area contributed by atoms with Crippen molar-refractivity contribution in [2.24, 2.45) is 5.92 Å². The molecule has 1 aromatic rings. The zero-order valence-corrected chi connectivity index (χ0v) is 13.0. The number of benzene rings is 1. The monoisotopic (exact) mass is 316 g/mol. The Balaban J connectivity index is 2.52. The van der Waals surface area contributed by atoms with Crippen LogP contribution >= 0.6 is 0 Å². The Labute approximate surface area is 134 Å². The van der Waals surface area contributed by atoms with Gasteiger partial charge in [-0.1, -0.05) is 19.8 Å². The number of halogens is 1. The number of carbonyl (C=O) groups is 2. The smallest absolute Gasteiger partial charge is 0.346 e. The molecule has 120 valence electrons. The molecule has 0 saturated carbocycles. The Morgan fingerprint density at radius 2 is 2.04 bits per heavy atom. The van der Waals surface area contributed by atoms with E-state index in [4.69, 9.17) is 15.9 Å². The highest BCUT2D eigenvalue weighted by molar-refractivity contribution is 6.23. The predicted octanol–water partition coefficient (Wildman–Crippen LogP) is 2.73. The SMILES string of the molecule is C#CCOC(=O)C1=C(c2ccc(F)cc2)OC(CC)C(C)C1=O. The van der Waals surface area contributed by atoms with E-state index in [1.54, 1.807) is 6.92 Å². The van der Waals surface area contributed by atoms with Crippen LogP contribution in [0, 0.1) is 24.1 Å². The van der Waals surface area contributed by atoms with Crippen LogP contribution in [0.3, 0.4) is 0 Å². The number of carbonyl (C=O) groups excluding carboxylic acids is 2. The Bertz CT molecular complexity index is 682. The van der Waals surface area contributed by atoms with Gasteiger partial charge in [-0.25, -0.2) is 9.18 Å². The van der Waals surface area contributed by atoms with Gasteiger partial charge < -0.3 is 9.47 Å². The van der Waals surface area contributed by atoms with Gasteiger partial charge in [-0.2, -0.15) is 0 Å². The molecule has 1 aromatic carbocycles. The lowest BCUT2D eigenvalue weighted by Crippen LogP contribution is -2.37. The number of terminal acetylenes is 1. The molecule has 2 atom stereocenters. The van der Waals surface area contributed by atoms with Gasteiger partial charge in [0.25, 0.3) is 0 Å². The summed E-state index contributed by atoms with van der Waals surface area (Å²) in [5.41, 5.74) is 0.266. The van der Waals surface area contributed by atoms with Crippen molar-refractivity contribution in [2.75, 3.05) is 6.61 Å². The molecule has 0 aromatic heterocycles. The molecule has 0 radical (unpaired) electrons. The van der Waals surface area contributed by atoms with Gasteiger partial charge >= 0.3 is 5.97 Å². The highest BCUT2D eigenvalue weighted by Gasteiger charge is 2.39. The summed E-state index contributed by atoms with van der Waals surface area (Å²) in [5, 5.41) is 0. The largest absolute Gasteiger partial charge is 0.488 e. The van der Waals surface area contributed by atoms with Crippen molar-refractivity contribution >= 4 is 17.5 Å². The molecule has 5 heteroatoms. The van der Waals surface area contributed by atoms with E-state index in [1.165, 1.54) is 24.3 Å². The molecular formula is C18H17FO4. The van der Waals surface area contributed by atoms with Gasteiger partial charge in [-0.05, 0) is 30.7 Å². The molecule has 0 fully saturated rings. The number of hydrogen-bond donors (Lipinski definition) is 0. The first-order chi connectivity index (χ1) is 11.0. The third-order valence-corrected chi connectivity index (χ3v) is 3.71. The van der Waals surface area contributed by atoms with Gasteiger partial charge in [0.15, 0.2) is 12.4 Å². The molecule has 0 amide bonds. The number of Topliss-reactive ketones (excluding diaryl/α,β-unsaturated/α-hetero) is 1. The van der Waals surface area contributed by atoms with Crippen molar-refractivity contribution in [3.8, 4) is 12.3 Å². The van der Waals surface area contributed by atoms with Crippen LogP contribution in [0.4, 0.5) is 4.39 Å². The second-order valence-corrected chi connectivity index (χ2v) is 5.21. The van der Waals surface area contributed by atoms with Crippen LogP contribution in [0.1, 0.15) is 25.8 Å². The fourth-order valence-electron chi connectivity index (χ4n) is 2.44. The van der Waals surface area contributed by atoms with Gasteiger partial charge in [0, 0.05) is 5.56 Å². The molecule has 1 aliphatic rings. The Morgan fingerprint density at radius 3 is 2.61 bits per heavy atom. The van der Waals surface area contributed by atoms with Crippen LogP contribution in [0.2, 0.25) is 0 Å². The number of ether oxygens (including phenoxy) is 2. The Hall–Kier alpha value is -2.61. The van der Waals surface area contributed by atoms with E-state index in [-0.39, 0.29) is 29.8 Å². The van der Waals surface area contributed by atoms with E-state index in [1.807, 2.05) is 6.92 Å². The van der Waals surface area contributed by atoms with Gasteiger partial charge in [-0.15, -0.1) is 6.42 Å². The normalized spacial score (nSPS) is 20.7. The summed E-state index contributed by atoms with van der Waals surface area (Å²) in [7, 11) is 0. The highest BCUT2D eigenvalue weighted by atomic mass is 19.1. The second-order valence-electron chi connectivity index (χ2n) is 5.21. The molecule has 2 rings (SSSR count). The summed E-state index contributed by atoms with van der Waals surface area (Å²) in [6.45, 7) is 3.35. The van der Waals surface area contributed by atoms with Crippen LogP contribution in [-0.4, -0.2) is 24.5 Å². The first kappa shape index (κ1) is 16.8. The zero-order chi connectivity index (χ0) is 17.0. The van der Waals surface area contributed by atoms with E-state index in [0.717, 1.165) is 0 Å². The van der Waals surface area contributed by atoms with E-state index in [2.05, 4.69) is 5.92 Å². The summed E-state index contributed by atoms with van der Waals surface area (Å²) < 4.78 is 23.8. The molecule has 1 heterocycles. The van der Waals surface area contributed by atoms with Gasteiger partial charge in [0.1, 0.15) is 23.3 Å². The maximum atomic E-state index is 13.1.